The third-order valence-corrected chi connectivity index (χ3v) is 5.84. The summed E-state index contributed by atoms with van der Waals surface area (Å²) in [6.45, 7) is 2.28. The number of hydrogen-bond donors (Lipinski definition) is 0. The first-order chi connectivity index (χ1) is 14.5. The number of likely N-dealkylation sites (tertiary alicyclic amines) is 1. The monoisotopic (exact) mass is 412 g/mol. The highest BCUT2D eigenvalue weighted by atomic mass is 16.5. The summed E-state index contributed by atoms with van der Waals surface area (Å²) < 4.78 is 7.42. The van der Waals surface area contributed by atoms with Gasteiger partial charge in [-0.3, -0.25) is 4.79 Å². The van der Waals surface area contributed by atoms with Crippen molar-refractivity contribution in [3.63, 3.8) is 0 Å². The Kier molecular flexibility index (Phi) is 5.61. The van der Waals surface area contributed by atoms with Crippen molar-refractivity contribution in [3.8, 4) is 5.75 Å². The van der Waals surface area contributed by atoms with Gasteiger partial charge in [0.2, 0.25) is 0 Å². The summed E-state index contributed by atoms with van der Waals surface area (Å²) in [6.07, 6.45) is 2.93. The highest BCUT2D eigenvalue weighted by Crippen LogP contribution is 2.32. The van der Waals surface area contributed by atoms with Crippen LogP contribution < -0.4 is 4.74 Å². The van der Waals surface area contributed by atoms with Gasteiger partial charge >= 0.3 is 6.03 Å². The van der Waals surface area contributed by atoms with Gasteiger partial charge < -0.3 is 24.0 Å². The van der Waals surface area contributed by atoms with Gasteiger partial charge in [-0.25, -0.2) is 4.79 Å². The van der Waals surface area contributed by atoms with Crippen molar-refractivity contribution in [2.45, 2.75) is 38.4 Å². The Morgan fingerprint density at radius 1 is 1.10 bits per heavy atom. The molecule has 0 spiro atoms. The molecule has 0 aliphatic carbocycles. The lowest BCUT2D eigenvalue weighted by atomic mass is 10.0. The van der Waals surface area contributed by atoms with Crippen molar-refractivity contribution >= 4 is 11.9 Å². The summed E-state index contributed by atoms with van der Waals surface area (Å²) in [6, 6.07) is 7.17. The number of carbonyl (C=O) groups excluding carboxylic acids is 2. The van der Waals surface area contributed by atoms with Crippen molar-refractivity contribution in [1.82, 2.24) is 29.5 Å². The second-order valence-electron chi connectivity index (χ2n) is 7.94. The van der Waals surface area contributed by atoms with Crippen molar-refractivity contribution in [2.75, 3.05) is 34.3 Å². The van der Waals surface area contributed by atoms with Gasteiger partial charge in [-0.1, -0.05) is 12.1 Å². The maximum absolute atomic E-state index is 13.0. The Balaban J connectivity index is 1.56. The molecule has 0 bridgehead atoms. The molecular weight excluding hydrogens is 384 g/mol. The number of para-hydroxylation sites is 1. The number of rotatable bonds is 3. The summed E-state index contributed by atoms with van der Waals surface area (Å²) in [5, 5.41) is 8.83. The van der Waals surface area contributed by atoms with Crippen LogP contribution in [0.5, 0.6) is 5.75 Å². The molecule has 1 atom stereocenters. The smallest absolute Gasteiger partial charge is 0.320 e. The maximum Gasteiger partial charge on any atom is 0.320 e. The predicted molar refractivity (Wildman–Crippen MR) is 110 cm³/mol. The number of urea groups is 1. The Morgan fingerprint density at radius 3 is 2.67 bits per heavy atom. The highest BCUT2D eigenvalue weighted by molar-refractivity contribution is 5.96. The summed E-state index contributed by atoms with van der Waals surface area (Å²) in [5.74, 6) is 2.06. The number of nitrogens with zero attached hydrogens (tertiary/aromatic N) is 6. The molecule has 0 unspecified atom stereocenters. The van der Waals surface area contributed by atoms with E-state index in [0.29, 0.717) is 30.9 Å². The minimum absolute atomic E-state index is 0.000774. The zero-order valence-electron chi connectivity index (χ0n) is 17.7. The Hall–Kier alpha value is -3.10. The molecule has 30 heavy (non-hydrogen) atoms. The number of aromatic nitrogens is 3. The van der Waals surface area contributed by atoms with Gasteiger partial charge in [-0.2, -0.15) is 0 Å². The van der Waals surface area contributed by atoms with E-state index in [2.05, 4.69) is 14.8 Å². The van der Waals surface area contributed by atoms with E-state index >= 15 is 0 Å². The second-order valence-corrected chi connectivity index (χ2v) is 7.94. The van der Waals surface area contributed by atoms with Gasteiger partial charge in [0.25, 0.3) is 5.91 Å². The molecule has 1 saturated heterocycles. The number of amides is 3. The summed E-state index contributed by atoms with van der Waals surface area (Å²) in [5.41, 5.74) is 0.545. The third-order valence-electron chi connectivity index (χ3n) is 5.84. The van der Waals surface area contributed by atoms with Gasteiger partial charge in [0.05, 0.1) is 25.3 Å². The number of fused-ring (bicyclic) bond motifs is 1. The molecule has 0 radical (unpaired) electrons. The van der Waals surface area contributed by atoms with E-state index in [9.17, 15) is 9.59 Å². The second kappa shape index (κ2) is 8.33. The normalized spacial score (nSPS) is 18.7. The lowest BCUT2D eigenvalue weighted by Gasteiger charge is -2.37. The van der Waals surface area contributed by atoms with Gasteiger partial charge in [-0.15, -0.1) is 10.2 Å². The van der Waals surface area contributed by atoms with Crippen LogP contribution >= 0.6 is 0 Å². The topological polar surface area (TPSA) is 83.8 Å². The molecule has 160 valence electrons. The van der Waals surface area contributed by atoms with Gasteiger partial charge in [0, 0.05) is 33.7 Å². The Bertz CT molecular complexity index is 941. The minimum Gasteiger partial charge on any atom is -0.496 e. The van der Waals surface area contributed by atoms with E-state index in [1.54, 1.807) is 43.1 Å². The zero-order valence-corrected chi connectivity index (χ0v) is 17.7. The summed E-state index contributed by atoms with van der Waals surface area (Å²) in [7, 11) is 5.11. The number of benzene rings is 1. The molecule has 1 aromatic heterocycles. The molecule has 3 amide bonds. The molecule has 4 rings (SSSR count). The van der Waals surface area contributed by atoms with E-state index in [-0.39, 0.29) is 18.0 Å². The quantitative estimate of drug-likeness (QED) is 0.771. The molecule has 2 aromatic rings. The third kappa shape index (κ3) is 3.59. The fourth-order valence-electron chi connectivity index (χ4n) is 4.28. The van der Waals surface area contributed by atoms with Crippen LogP contribution in [0.15, 0.2) is 24.3 Å². The first kappa shape index (κ1) is 20.2. The van der Waals surface area contributed by atoms with Gasteiger partial charge in [-0.05, 0) is 31.4 Å². The highest BCUT2D eigenvalue weighted by Gasteiger charge is 2.35. The molecular formula is C21H28N6O3. The first-order valence-electron chi connectivity index (χ1n) is 10.3. The van der Waals surface area contributed by atoms with Crippen molar-refractivity contribution in [2.24, 2.45) is 0 Å². The molecule has 1 fully saturated rings. The molecule has 9 nitrogen and oxygen atoms in total. The SMILES string of the molecule is COc1ccccc1C(=O)N1CCn2c(nnc2[C@@H]2CCCCN2C(=O)N(C)C)C1. The van der Waals surface area contributed by atoms with Crippen LogP contribution in [0.2, 0.25) is 0 Å². The zero-order chi connectivity index (χ0) is 21.3. The largest absolute Gasteiger partial charge is 0.496 e. The Labute approximate surface area is 176 Å². The summed E-state index contributed by atoms with van der Waals surface area (Å²) >= 11 is 0. The molecule has 0 saturated carbocycles. The average Bonchev–Trinajstić information content (AvgIpc) is 3.21. The molecule has 2 aliphatic heterocycles. The van der Waals surface area contributed by atoms with Gasteiger partial charge in [0.1, 0.15) is 5.75 Å². The van der Waals surface area contributed by atoms with E-state index in [1.165, 1.54) is 0 Å². The van der Waals surface area contributed by atoms with E-state index in [1.807, 2.05) is 17.0 Å². The van der Waals surface area contributed by atoms with E-state index in [0.717, 1.165) is 37.5 Å². The first-order valence-corrected chi connectivity index (χ1v) is 10.3. The molecule has 3 heterocycles. The number of carbonyl (C=O) groups is 2. The number of piperidine rings is 1. The summed E-state index contributed by atoms with van der Waals surface area (Å²) in [4.78, 5) is 31.0. The van der Waals surface area contributed by atoms with Crippen LogP contribution in [-0.4, -0.2) is 75.7 Å². The number of methoxy groups -OCH3 is 1. The van der Waals surface area contributed by atoms with Crippen LogP contribution in [0.4, 0.5) is 4.79 Å². The van der Waals surface area contributed by atoms with Crippen LogP contribution in [0.1, 0.15) is 47.3 Å². The molecule has 9 heteroatoms. The molecule has 1 aromatic carbocycles. The minimum atomic E-state index is -0.0784. The van der Waals surface area contributed by atoms with Crippen LogP contribution in [-0.2, 0) is 13.1 Å². The van der Waals surface area contributed by atoms with Crippen molar-refractivity contribution < 1.29 is 14.3 Å². The van der Waals surface area contributed by atoms with E-state index in [4.69, 9.17) is 4.74 Å². The standard InChI is InChI=1S/C21H28N6O3/c1-24(2)21(29)26-11-7-6-9-16(26)19-23-22-18-14-25(12-13-27(18)19)20(28)15-8-4-5-10-17(15)30-3/h4-5,8,10,16H,6-7,9,11-14H2,1-3H3/t16-/m0/s1. The predicted octanol–water partition coefficient (Wildman–Crippen LogP) is 2.15. The molecule has 2 aliphatic rings. The van der Waals surface area contributed by atoms with Crippen LogP contribution in [0.3, 0.4) is 0 Å². The van der Waals surface area contributed by atoms with Crippen LogP contribution in [0, 0.1) is 0 Å². The fraction of sp³-hybridized carbons (Fsp3) is 0.524. The Morgan fingerprint density at radius 2 is 1.90 bits per heavy atom. The molecule has 0 N–H and O–H groups in total. The number of hydrogen-bond acceptors (Lipinski definition) is 5. The van der Waals surface area contributed by atoms with E-state index < -0.39 is 0 Å². The maximum atomic E-state index is 13.0. The number of ether oxygens (including phenoxy) is 1. The van der Waals surface area contributed by atoms with Crippen LogP contribution in [0.25, 0.3) is 0 Å². The van der Waals surface area contributed by atoms with Gasteiger partial charge in [0.15, 0.2) is 11.6 Å². The lowest BCUT2D eigenvalue weighted by molar-refractivity contribution is 0.0699. The van der Waals surface area contributed by atoms with Crippen molar-refractivity contribution in [3.05, 3.63) is 41.5 Å². The van der Waals surface area contributed by atoms with Crippen molar-refractivity contribution in [1.29, 1.82) is 0 Å². The lowest BCUT2D eigenvalue weighted by Crippen LogP contribution is -2.45. The average molecular weight is 412 g/mol. The fourth-order valence-corrected chi connectivity index (χ4v) is 4.28.